The number of nitrogens with one attached hydrogen (secondary N) is 2. The van der Waals surface area contributed by atoms with Crippen LogP contribution in [0, 0.1) is 17.6 Å². The number of hydrogen-bond donors (Lipinski definition) is 2. The van der Waals surface area contributed by atoms with E-state index in [1.807, 2.05) is 10.8 Å². The van der Waals surface area contributed by atoms with E-state index < -0.39 is 11.6 Å². The second-order valence-corrected chi connectivity index (χ2v) is 5.96. The highest BCUT2D eigenvalue weighted by atomic mass is 19.2. The van der Waals surface area contributed by atoms with E-state index in [0.29, 0.717) is 12.5 Å². The van der Waals surface area contributed by atoms with E-state index in [2.05, 4.69) is 29.5 Å². The molecule has 0 aliphatic heterocycles. The number of aromatic nitrogens is 2. The number of nitrogens with zero attached hydrogens (tertiary/aromatic N) is 2. The van der Waals surface area contributed by atoms with Gasteiger partial charge in [0.2, 0.25) is 0 Å². The highest BCUT2D eigenvalue weighted by molar-refractivity contribution is 5.73. The smallest absolute Gasteiger partial charge is 0.315 e. The fourth-order valence-corrected chi connectivity index (χ4v) is 2.34. The molecule has 2 aromatic rings. The maximum absolute atomic E-state index is 13.5. The number of halogens is 2. The van der Waals surface area contributed by atoms with E-state index in [1.54, 1.807) is 6.20 Å². The minimum Gasteiger partial charge on any atom is -0.338 e. The summed E-state index contributed by atoms with van der Waals surface area (Å²) in [6, 6.07) is 3.65. The van der Waals surface area contributed by atoms with Crippen molar-refractivity contribution in [1.82, 2.24) is 20.2 Å². The van der Waals surface area contributed by atoms with Crippen LogP contribution in [-0.2, 0) is 19.5 Å². The Labute approximate surface area is 140 Å². The molecular weight excluding hydrogens is 314 g/mol. The maximum atomic E-state index is 13.5. The Morgan fingerprint density at radius 1 is 1.29 bits per heavy atom. The molecule has 1 heterocycles. The molecule has 1 aromatic heterocycles. The van der Waals surface area contributed by atoms with Crippen molar-refractivity contribution in [2.24, 2.45) is 5.92 Å². The molecule has 0 fully saturated rings. The predicted octanol–water partition coefficient (Wildman–Crippen LogP) is 2.86. The van der Waals surface area contributed by atoms with Gasteiger partial charge in [0, 0.05) is 25.5 Å². The van der Waals surface area contributed by atoms with Gasteiger partial charge in [-0.05, 0) is 24.0 Å². The van der Waals surface area contributed by atoms with Crippen molar-refractivity contribution in [3.63, 3.8) is 0 Å². The summed E-state index contributed by atoms with van der Waals surface area (Å²) >= 11 is 0. The number of amides is 2. The first kappa shape index (κ1) is 17.9. The number of hydrogen-bond acceptors (Lipinski definition) is 2. The molecule has 1 aromatic carbocycles. The molecule has 0 unspecified atom stereocenters. The van der Waals surface area contributed by atoms with Gasteiger partial charge in [-0.15, -0.1) is 0 Å². The van der Waals surface area contributed by atoms with Crippen LogP contribution in [0.1, 0.15) is 25.2 Å². The van der Waals surface area contributed by atoms with Crippen molar-refractivity contribution in [2.75, 3.05) is 6.54 Å². The van der Waals surface area contributed by atoms with Crippen molar-refractivity contribution in [1.29, 1.82) is 0 Å². The van der Waals surface area contributed by atoms with Gasteiger partial charge in [0.1, 0.15) is 5.82 Å². The minimum atomic E-state index is -0.881. The Bertz CT molecular complexity index is 685. The van der Waals surface area contributed by atoms with E-state index >= 15 is 0 Å². The van der Waals surface area contributed by atoms with Gasteiger partial charge in [-0.25, -0.2) is 18.6 Å². The number of imidazole rings is 1. The Morgan fingerprint density at radius 3 is 2.83 bits per heavy atom. The molecular formula is C17H22F2N4O. The molecule has 0 atom stereocenters. The normalized spacial score (nSPS) is 10.9. The second-order valence-electron chi connectivity index (χ2n) is 5.96. The Hall–Kier alpha value is -2.44. The highest BCUT2D eigenvalue weighted by Gasteiger charge is 2.09. The monoisotopic (exact) mass is 336 g/mol. The Morgan fingerprint density at radius 2 is 2.08 bits per heavy atom. The van der Waals surface area contributed by atoms with Gasteiger partial charge in [0.15, 0.2) is 11.6 Å². The summed E-state index contributed by atoms with van der Waals surface area (Å²) in [4.78, 5) is 16.0. The molecule has 24 heavy (non-hydrogen) atoms. The lowest BCUT2D eigenvalue weighted by molar-refractivity contribution is 0.240. The lowest BCUT2D eigenvalue weighted by Crippen LogP contribution is -2.36. The van der Waals surface area contributed by atoms with E-state index in [9.17, 15) is 13.6 Å². The number of carbonyl (C=O) groups excluding carboxylic acids is 1. The number of carbonyl (C=O) groups is 1. The molecule has 0 saturated carbocycles. The van der Waals surface area contributed by atoms with Crippen LogP contribution in [-0.4, -0.2) is 22.1 Å². The average Bonchev–Trinajstić information content (AvgIpc) is 2.96. The van der Waals surface area contributed by atoms with Gasteiger partial charge in [0.05, 0.1) is 6.54 Å². The molecule has 130 valence electrons. The summed E-state index contributed by atoms with van der Waals surface area (Å²) in [5.41, 5.74) is 0.239. The first-order valence-corrected chi connectivity index (χ1v) is 7.92. The van der Waals surface area contributed by atoms with Crippen LogP contribution in [0.15, 0.2) is 30.6 Å². The zero-order chi connectivity index (χ0) is 17.5. The minimum absolute atomic E-state index is 0.215. The van der Waals surface area contributed by atoms with Gasteiger partial charge in [-0.1, -0.05) is 26.0 Å². The third-order valence-electron chi connectivity index (χ3n) is 3.48. The molecule has 0 radical (unpaired) electrons. The number of rotatable bonds is 7. The maximum Gasteiger partial charge on any atom is 0.315 e. The van der Waals surface area contributed by atoms with Crippen LogP contribution in [0.5, 0.6) is 0 Å². The highest BCUT2D eigenvalue weighted by Crippen LogP contribution is 2.11. The van der Waals surface area contributed by atoms with Crippen molar-refractivity contribution in [3.8, 4) is 0 Å². The average molecular weight is 336 g/mol. The van der Waals surface area contributed by atoms with Gasteiger partial charge in [0.25, 0.3) is 0 Å². The lowest BCUT2D eigenvalue weighted by atomic mass is 10.1. The van der Waals surface area contributed by atoms with Gasteiger partial charge < -0.3 is 15.2 Å². The quantitative estimate of drug-likeness (QED) is 0.817. The van der Waals surface area contributed by atoms with E-state index in [4.69, 9.17) is 0 Å². The first-order chi connectivity index (χ1) is 11.5. The first-order valence-electron chi connectivity index (χ1n) is 7.92. The molecule has 0 saturated heterocycles. The fraction of sp³-hybridized carbons (Fsp3) is 0.412. The molecule has 2 N–H and O–H groups in total. The van der Waals surface area contributed by atoms with Crippen LogP contribution in [0.3, 0.4) is 0 Å². The number of benzene rings is 1. The second kappa shape index (κ2) is 8.42. The zero-order valence-electron chi connectivity index (χ0n) is 13.9. The summed E-state index contributed by atoms with van der Waals surface area (Å²) in [7, 11) is 0. The molecule has 0 bridgehead atoms. The van der Waals surface area contributed by atoms with Crippen LogP contribution in [0.25, 0.3) is 0 Å². The van der Waals surface area contributed by atoms with Crippen molar-refractivity contribution < 1.29 is 13.6 Å². The summed E-state index contributed by atoms with van der Waals surface area (Å²) in [5.74, 6) is -0.493. The third kappa shape index (κ3) is 5.04. The Kier molecular flexibility index (Phi) is 6.28. The van der Waals surface area contributed by atoms with Gasteiger partial charge >= 0.3 is 6.03 Å². The van der Waals surface area contributed by atoms with E-state index in [-0.39, 0.29) is 24.6 Å². The van der Waals surface area contributed by atoms with Crippen molar-refractivity contribution in [3.05, 3.63) is 53.6 Å². The lowest BCUT2D eigenvalue weighted by Gasteiger charge is -2.11. The zero-order valence-corrected chi connectivity index (χ0v) is 13.9. The van der Waals surface area contributed by atoms with Crippen molar-refractivity contribution >= 4 is 6.03 Å². The Balaban J connectivity index is 1.76. The summed E-state index contributed by atoms with van der Waals surface area (Å²) in [5, 5.41) is 5.33. The molecule has 2 rings (SSSR count). The predicted molar refractivity (Wildman–Crippen MR) is 87.4 cm³/mol. The molecule has 2 amide bonds. The summed E-state index contributed by atoms with van der Waals surface area (Å²) < 4.78 is 28.6. The van der Waals surface area contributed by atoms with Crippen LogP contribution >= 0.6 is 0 Å². The summed E-state index contributed by atoms with van der Waals surface area (Å²) in [6.07, 6.45) is 3.80. The van der Waals surface area contributed by atoms with E-state index in [0.717, 1.165) is 18.4 Å². The third-order valence-corrected chi connectivity index (χ3v) is 3.48. The fourth-order valence-electron chi connectivity index (χ4n) is 2.34. The molecule has 0 aliphatic rings. The van der Waals surface area contributed by atoms with Crippen LogP contribution in [0.4, 0.5) is 13.6 Å². The van der Waals surface area contributed by atoms with Gasteiger partial charge in [-0.2, -0.15) is 0 Å². The van der Waals surface area contributed by atoms with Gasteiger partial charge in [-0.3, -0.25) is 0 Å². The molecule has 0 spiro atoms. The SMILES string of the molecule is CC(C)Cn1ccnc1CNC(=O)NCCc1cccc(F)c1F. The molecule has 7 heteroatoms. The standard InChI is InChI=1S/C17H22F2N4O/c1-12(2)11-23-9-8-20-15(23)10-22-17(24)21-7-6-13-4-3-5-14(18)16(13)19/h3-5,8-9,12H,6-7,10-11H2,1-2H3,(H2,21,22,24). The van der Waals surface area contributed by atoms with Crippen LogP contribution in [0.2, 0.25) is 0 Å². The number of urea groups is 1. The summed E-state index contributed by atoms with van der Waals surface area (Å²) in [6.45, 7) is 5.56. The molecule has 5 nitrogen and oxygen atoms in total. The topological polar surface area (TPSA) is 59.0 Å². The van der Waals surface area contributed by atoms with Crippen LogP contribution < -0.4 is 10.6 Å². The molecule has 0 aliphatic carbocycles. The van der Waals surface area contributed by atoms with Crippen molar-refractivity contribution in [2.45, 2.75) is 33.4 Å². The van der Waals surface area contributed by atoms with E-state index in [1.165, 1.54) is 12.1 Å². The largest absolute Gasteiger partial charge is 0.338 e.